The molecule has 120 valence electrons. The predicted molar refractivity (Wildman–Crippen MR) is 84.5 cm³/mol. The number of ether oxygens (including phenoxy) is 1. The van der Waals surface area contributed by atoms with Crippen molar-refractivity contribution in [2.24, 2.45) is 11.8 Å². The molecule has 0 saturated carbocycles. The van der Waals surface area contributed by atoms with Gasteiger partial charge in [-0.1, -0.05) is 0 Å². The van der Waals surface area contributed by atoms with Crippen LogP contribution in [0.25, 0.3) is 0 Å². The summed E-state index contributed by atoms with van der Waals surface area (Å²) < 4.78 is 7.08. The van der Waals surface area contributed by atoms with Gasteiger partial charge < -0.3 is 19.9 Å². The number of anilines is 1. The fourth-order valence-corrected chi connectivity index (χ4v) is 3.42. The normalized spacial score (nSPS) is 22.3. The van der Waals surface area contributed by atoms with Gasteiger partial charge in [-0.25, -0.2) is 0 Å². The van der Waals surface area contributed by atoms with Crippen LogP contribution in [0.1, 0.15) is 16.4 Å². The number of fused-ring (bicyclic) bond motifs is 2. The number of carbonyl (C=O) groups excluding carboxylic acids is 1. The van der Waals surface area contributed by atoms with E-state index in [0.717, 1.165) is 37.6 Å². The first-order chi connectivity index (χ1) is 11.2. The zero-order valence-electron chi connectivity index (χ0n) is 13.0. The van der Waals surface area contributed by atoms with Gasteiger partial charge in [-0.3, -0.25) is 4.79 Å². The van der Waals surface area contributed by atoms with Gasteiger partial charge >= 0.3 is 0 Å². The number of methoxy groups -OCH3 is 1. The Morgan fingerprint density at radius 2 is 2.04 bits per heavy atom. The van der Waals surface area contributed by atoms with Crippen molar-refractivity contribution in [2.75, 3.05) is 25.5 Å². The van der Waals surface area contributed by atoms with E-state index in [1.807, 2.05) is 16.7 Å². The van der Waals surface area contributed by atoms with Crippen LogP contribution in [-0.4, -0.2) is 40.9 Å². The van der Waals surface area contributed by atoms with E-state index in [2.05, 4.69) is 20.8 Å². The lowest BCUT2D eigenvalue weighted by molar-refractivity contribution is 0.100. The minimum atomic E-state index is -0.224. The highest BCUT2D eigenvalue weighted by Gasteiger charge is 2.35. The SMILES string of the molecule is COc1ccc(NC(=O)c2nnc3n2C[C@H]2CNC[C@@H]2C3)cc1. The zero-order chi connectivity index (χ0) is 15.8. The van der Waals surface area contributed by atoms with E-state index in [9.17, 15) is 4.79 Å². The van der Waals surface area contributed by atoms with E-state index in [1.54, 1.807) is 19.2 Å². The fraction of sp³-hybridized carbons (Fsp3) is 0.438. The summed E-state index contributed by atoms with van der Waals surface area (Å²) in [6.45, 7) is 2.85. The summed E-state index contributed by atoms with van der Waals surface area (Å²) in [7, 11) is 1.61. The maximum atomic E-state index is 12.5. The largest absolute Gasteiger partial charge is 0.497 e. The predicted octanol–water partition coefficient (Wildman–Crippen LogP) is 0.931. The topological polar surface area (TPSA) is 81.1 Å². The first kappa shape index (κ1) is 14.2. The average Bonchev–Trinajstić information content (AvgIpc) is 3.19. The van der Waals surface area contributed by atoms with Crippen LogP contribution in [0.15, 0.2) is 24.3 Å². The average molecular weight is 313 g/mol. The number of rotatable bonds is 3. The van der Waals surface area contributed by atoms with Crippen molar-refractivity contribution < 1.29 is 9.53 Å². The molecule has 7 heteroatoms. The Balaban J connectivity index is 1.53. The molecule has 0 radical (unpaired) electrons. The van der Waals surface area contributed by atoms with E-state index >= 15 is 0 Å². The first-order valence-corrected chi connectivity index (χ1v) is 7.83. The van der Waals surface area contributed by atoms with Crippen molar-refractivity contribution in [3.05, 3.63) is 35.9 Å². The summed E-state index contributed by atoms with van der Waals surface area (Å²) in [6.07, 6.45) is 0.889. The summed E-state index contributed by atoms with van der Waals surface area (Å²) in [5.41, 5.74) is 0.712. The molecule has 1 fully saturated rings. The minimum Gasteiger partial charge on any atom is -0.497 e. The third-order valence-electron chi connectivity index (χ3n) is 4.72. The molecule has 0 aliphatic carbocycles. The van der Waals surface area contributed by atoms with Crippen molar-refractivity contribution in [3.63, 3.8) is 0 Å². The van der Waals surface area contributed by atoms with Crippen LogP contribution in [0.4, 0.5) is 5.69 Å². The van der Waals surface area contributed by atoms with Crippen molar-refractivity contribution in [1.82, 2.24) is 20.1 Å². The Morgan fingerprint density at radius 1 is 1.26 bits per heavy atom. The van der Waals surface area contributed by atoms with E-state index in [-0.39, 0.29) is 5.91 Å². The maximum absolute atomic E-state index is 12.5. The molecule has 3 heterocycles. The molecule has 1 saturated heterocycles. The van der Waals surface area contributed by atoms with Crippen molar-refractivity contribution in [1.29, 1.82) is 0 Å². The molecule has 7 nitrogen and oxygen atoms in total. The van der Waals surface area contributed by atoms with Gasteiger partial charge in [0.2, 0.25) is 5.82 Å². The standard InChI is InChI=1S/C16H19N5O2/c1-23-13-4-2-12(3-5-13)18-16(22)15-20-19-14-6-10-7-17-8-11(10)9-21(14)15/h2-5,10-11,17H,6-9H2,1H3,(H,18,22)/t10-,11+/m0/s1. The Hall–Kier alpha value is -2.41. The molecule has 1 aromatic heterocycles. The van der Waals surface area contributed by atoms with Crippen LogP contribution in [-0.2, 0) is 13.0 Å². The molecule has 2 atom stereocenters. The van der Waals surface area contributed by atoms with Gasteiger partial charge in [-0.05, 0) is 49.2 Å². The molecule has 2 aliphatic heterocycles. The minimum absolute atomic E-state index is 0.224. The lowest BCUT2D eigenvalue weighted by atomic mass is 9.89. The highest BCUT2D eigenvalue weighted by Crippen LogP contribution is 2.28. The quantitative estimate of drug-likeness (QED) is 0.881. The summed E-state index contributed by atoms with van der Waals surface area (Å²) in [6, 6.07) is 7.23. The lowest BCUT2D eigenvalue weighted by Crippen LogP contribution is -2.31. The summed E-state index contributed by atoms with van der Waals surface area (Å²) in [5, 5.41) is 14.6. The second kappa shape index (κ2) is 5.66. The Bertz CT molecular complexity index is 725. The number of hydrogen-bond acceptors (Lipinski definition) is 5. The smallest absolute Gasteiger partial charge is 0.293 e. The molecule has 0 spiro atoms. The molecule has 1 aromatic carbocycles. The number of carbonyl (C=O) groups is 1. The number of nitrogens with one attached hydrogen (secondary N) is 2. The number of amides is 1. The van der Waals surface area contributed by atoms with Gasteiger partial charge in [0, 0.05) is 18.7 Å². The molecule has 2 N–H and O–H groups in total. The number of aromatic nitrogens is 3. The van der Waals surface area contributed by atoms with Crippen LogP contribution < -0.4 is 15.4 Å². The molecule has 2 aliphatic rings. The van der Waals surface area contributed by atoms with E-state index < -0.39 is 0 Å². The molecular weight excluding hydrogens is 294 g/mol. The molecule has 0 bridgehead atoms. The van der Waals surface area contributed by atoms with E-state index in [0.29, 0.717) is 23.3 Å². The number of hydrogen-bond donors (Lipinski definition) is 2. The van der Waals surface area contributed by atoms with Crippen molar-refractivity contribution >= 4 is 11.6 Å². The molecule has 2 aromatic rings. The Labute approximate surface area is 134 Å². The van der Waals surface area contributed by atoms with Gasteiger partial charge in [0.05, 0.1) is 7.11 Å². The molecule has 1 amide bonds. The maximum Gasteiger partial charge on any atom is 0.293 e. The van der Waals surface area contributed by atoms with Gasteiger partial charge in [-0.15, -0.1) is 10.2 Å². The summed E-state index contributed by atoms with van der Waals surface area (Å²) in [4.78, 5) is 12.5. The third-order valence-corrected chi connectivity index (χ3v) is 4.72. The molecule has 23 heavy (non-hydrogen) atoms. The molecular formula is C16H19N5O2. The second-order valence-electron chi connectivity index (χ2n) is 6.12. The van der Waals surface area contributed by atoms with Crippen molar-refractivity contribution in [3.8, 4) is 5.75 Å². The van der Waals surface area contributed by atoms with Gasteiger partial charge in [-0.2, -0.15) is 0 Å². The molecule has 4 rings (SSSR count). The van der Waals surface area contributed by atoms with Crippen molar-refractivity contribution in [2.45, 2.75) is 13.0 Å². The lowest BCUT2D eigenvalue weighted by Gasteiger charge is -2.25. The van der Waals surface area contributed by atoms with Gasteiger partial charge in [0.1, 0.15) is 11.6 Å². The van der Waals surface area contributed by atoms with Crippen LogP contribution in [0.5, 0.6) is 5.75 Å². The van der Waals surface area contributed by atoms with E-state index in [4.69, 9.17) is 4.74 Å². The van der Waals surface area contributed by atoms with Crippen LogP contribution in [0, 0.1) is 11.8 Å². The zero-order valence-corrected chi connectivity index (χ0v) is 13.0. The van der Waals surface area contributed by atoms with E-state index in [1.165, 1.54) is 0 Å². The molecule has 0 unspecified atom stereocenters. The van der Waals surface area contributed by atoms with Gasteiger partial charge in [0.15, 0.2) is 0 Å². The fourth-order valence-electron chi connectivity index (χ4n) is 3.42. The number of benzene rings is 1. The third kappa shape index (κ3) is 2.57. The monoisotopic (exact) mass is 313 g/mol. The second-order valence-corrected chi connectivity index (χ2v) is 6.12. The Kier molecular flexibility index (Phi) is 3.49. The summed E-state index contributed by atoms with van der Waals surface area (Å²) in [5.74, 6) is 3.01. The van der Waals surface area contributed by atoms with Crippen LogP contribution in [0.3, 0.4) is 0 Å². The van der Waals surface area contributed by atoms with Gasteiger partial charge in [0.25, 0.3) is 5.91 Å². The van der Waals surface area contributed by atoms with Crippen LogP contribution in [0.2, 0.25) is 0 Å². The first-order valence-electron chi connectivity index (χ1n) is 7.83. The van der Waals surface area contributed by atoms with Crippen LogP contribution >= 0.6 is 0 Å². The highest BCUT2D eigenvalue weighted by molar-refractivity contribution is 6.01. The Morgan fingerprint density at radius 3 is 2.83 bits per heavy atom. The number of nitrogens with zero attached hydrogens (tertiary/aromatic N) is 3. The highest BCUT2D eigenvalue weighted by atomic mass is 16.5. The summed E-state index contributed by atoms with van der Waals surface area (Å²) >= 11 is 0.